The quantitative estimate of drug-likeness (QED) is 0.763. The van der Waals surface area contributed by atoms with E-state index in [0.29, 0.717) is 11.6 Å². The van der Waals surface area contributed by atoms with Crippen molar-refractivity contribution in [3.63, 3.8) is 0 Å². The van der Waals surface area contributed by atoms with Gasteiger partial charge in [0.25, 0.3) is 0 Å². The molecule has 0 aromatic heterocycles. The van der Waals surface area contributed by atoms with Gasteiger partial charge in [0.2, 0.25) is 5.91 Å². The van der Waals surface area contributed by atoms with E-state index in [-0.39, 0.29) is 6.10 Å². The summed E-state index contributed by atoms with van der Waals surface area (Å²) in [6.07, 6.45) is 3.45. The molecule has 0 unspecified atom stereocenters. The molecular weight excluding hydrogens is 228 g/mol. The highest BCUT2D eigenvalue weighted by atomic mass is 16.3. The lowest BCUT2D eigenvalue weighted by molar-refractivity contribution is 0.0999. The lowest BCUT2D eigenvalue weighted by atomic mass is 9.92. The van der Waals surface area contributed by atoms with Gasteiger partial charge in [0.1, 0.15) is 0 Å². The summed E-state index contributed by atoms with van der Waals surface area (Å²) in [4.78, 5) is 11.3. The number of anilines is 1. The number of hydrogen-bond donors (Lipinski definition) is 3. The zero-order chi connectivity index (χ0) is 13.1. The van der Waals surface area contributed by atoms with Crippen LogP contribution in [0.3, 0.4) is 0 Å². The number of carbonyl (C=O) groups is 1. The molecule has 0 spiro atoms. The van der Waals surface area contributed by atoms with Crippen LogP contribution in [0.25, 0.3) is 0 Å². The molecular formula is C14H20N2O2. The zero-order valence-electron chi connectivity index (χ0n) is 10.6. The summed E-state index contributed by atoms with van der Waals surface area (Å²) in [5, 5.41) is 12.9. The van der Waals surface area contributed by atoms with E-state index in [0.717, 1.165) is 36.9 Å². The fraction of sp³-hybridized carbons (Fsp3) is 0.500. The van der Waals surface area contributed by atoms with Gasteiger partial charge < -0.3 is 16.2 Å². The second-order valence-corrected chi connectivity index (χ2v) is 4.99. The zero-order valence-corrected chi connectivity index (χ0v) is 10.6. The highest BCUT2D eigenvalue weighted by Gasteiger charge is 2.20. The highest BCUT2D eigenvalue weighted by Crippen LogP contribution is 2.25. The van der Waals surface area contributed by atoms with Crippen LogP contribution < -0.4 is 11.1 Å². The minimum absolute atomic E-state index is 0.152. The van der Waals surface area contributed by atoms with Gasteiger partial charge in [0.05, 0.1) is 6.10 Å². The second-order valence-electron chi connectivity index (χ2n) is 4.99. The van der Waals surface area contributed by atoms with Crippen LogP contribution in [0.2, 0.25) is 0 Å². The van der Waals surface area contributed by atoms with E-state index in [1.165, 1.54) is 0 Å². The lowest BCUT2D eigenvalue weighted by Gasteiger charge is -2.27. The highest BCUT2D eigenvalue weighted by molar-refractivity contribution is 5.95. The Morgan fingerprint density at radius 2 is 2.00 bits per heavy atom. The summed E-state index contributed by atoms with van der Waals surface area (Å²) in [5.74, 6) is -0.393. The normalized spacial score (nSPS) is 23.7. The van der Waals surface area contributed by atoms with Crippen LogP contribution in [0.1, 0.15) is 41.6 Å². The Labute approximate surface area is 107 Å². The largest absolute Gasteiger partial charge is 0.393 e. The van der Waals surface area contributed by atoms with Crippen LogP contribution in [0, 0.1) is 6.92 Å². The number of rotatable bonds is 3. The van der Waals surface area contributed by atoms with Crippen molar-refractivity contribution in [2.75, 3.05) is 5.32 Å². The predicted octanol–water partition coefficient (Wildman–Crippen LogP) is 1.81. The third kappa shape index (κ3) is 2.82. The molecule has 0 saturated heterocycles. The number of hydrogen-bond acceptors (Lipinski definition) is 3. The van der Waals surface area contributed by atoms with E-state index < -0.39 is 5.91 Å². The molecule has 4 nitrogen and oxygen atoms in total. The maximum absolute atomic E-state index is 11.3. The van der Waals surface area contributed by atoms with Crippen molar-refractivity contribution < 1.29 is 9.90 Å². The van der Waals surface area contributed by atoms with Crippen molar-refractivity contribution >= 4 is 11.6 Å². The summed E-state index contributed by atoms with van der Waals surface area (Å²) in [6, 6.07) is 5.92. The first kappa shape index (κ1) is 12.9. The number of benzene rings is 1. The molecule has 18 heavy (non-hydrogen) atoms. The fourth-order valence-corrected chi connectivity index (χ4v) is 2.50. The van der Waals surface area contributed by atoms with Gasteiger partial charge in [-0.05, 0) is 50.3 Å². The number of nitrogens with two attached hydrogens (primary N) is 1. The smallest absolute Gasteiger partial charge is 0.249 e. The van der Waals surface area contributed by atoms with Crippen LogP contribution in [-0.4, -0.2) is 23.2 Å². The van der Waals surface area contributed by atoms with Crippen molar-refractivity contribution in [2.45, 2.75) is 44.8 Å². The van der Waals surface area contributed by atoms with Gasteiger partial charge >= 0.3 is 0 Å². The first-order valence-electron chi connectivity index (χ1n) is 6.42. The first-order chi connectivity index (χ1) is 8.58. The molecule has 1 fully saturated rings. The Hall–Kier alpha value is -1.55. The van der Waals surface area contributed by atoms with Crippen molar-refractivity contribution in [1.29, 1.82) is 0 Å². The Bertz CT molecular complexity index is 437. The summed E-state index contributed by atoms with van der Waals surface area (Å²) in [5.41, 5.74) is 7.77. The van der Waals surface area contributed by atoms with Crippen molar-refractivity contribution in [2.24, 2.45) is 5.73 Å². The minimum Gasteiger partial charge on any atom is -0.393 e. The lowest BCUT2D eigenvalue weighted by Crippen LogP contribution is -2.28. The molecule has 1 saturated carbocycles. The maximum Gasteiger partial charge on any atom is 0.249 e. The maximum atomic E-state index is 11.3. The van der Waals surface area contributed by atoms with Crippen LogP contribution in [-0.2, 0) is 0 Å². The minimum atomic E-state index is -0.393. The fourth-order valence-electron chi connectivity index (χ4n) is 2.50. The Morgan fingerprint density at radius 1 is 1.33 bits per heavy atom. The average molecular weight is 248 g/mol. The van der Waals surface area contributed by atoms with Crippen LogP contribution in [0.4, 0.5) is 5.69 Å². The van der Waals surface area contributed by atoms with E-state index >= 15 is 0 Å². The molecule has 1 aromatic carbocycles. The number of primary amides is 1. The van der Waals surface area contributed by atoms with E-state index in [2.05, 4.69) is 5.32 Å². The number of aliphatic hydroxyl groups is 1. The molecule has 4 heteroatoms. The molecule has 1 aromatic rings. The Balaban J connectivity index is 2.10. The number of amides is 1. The van der Waals surface area contributed by atoms with E-state index in [1.807, 2.05) is 19.1 Å². The van der Waals surface area contributed by atoms with Crippen molar-refractivity contribution in [3.8, 4) is 0 Å². The molecule has 0 heterocycles. The molecule has 1 amide bonds. The summed E-state index contributed by atoms with van der Waals surface area (Å²) < 4.78 is 0. The summed E-state index contributed by atoms with van der Waals surface area (Å²) >= 11 is 0. The molecule has 0 aliphatic heterocycles. The van der Waals surface area contributed by atoms with E-state index in [4.69, 9.17) is 5.73 Å². The number of aliphatic hydroxyl groups excluding tert-OH is 1. The third-order valence-corrected chi connectivity index (χ3v) is 3.66. The van der Waals surface area contributed by atoms with Crippen LogP contribution >= 0.6 is 0 Å². The van der Waals surface area contributed by atoms with Gasteiger partial charge in [-0.15, -0.1) is 0 Å². The molecule has 1 aliphatic rings. The molecule has 2 rings (SSSR count). The number of carbonyl (C=O) groups excluding carboxylic acids is 1. The molecule has 4 N–H and O–H groups in total. The van der Waals surface area contributed by atoms with E-state index in [1.54, 1.807) is 6.07 Å². The standard InChI is InChI=1S/C14H20N2O2/c1-9-12(14(15)18)3-2-4-13(9)16-10-5-7-11(17)8-6-10/h2-4,10-11,16-17H,5-8H2,1H3,(H2,15,18). The van der Waals surface area contributed by atoms with E-state index in [9.17, 15) is 9.90 Å². The molecule has 98 valence electrons. The van der Waals surface area contributed by atoms with Gasteiger partial charge in [-0.3, -0.25) is 4.79 Å². The number of nitrogens with one attached hydrogen (secondary N) is 1. The van der Waals surface area contributed by atoms with Crippen molar-refractivity contribution in [1.82, 2.24) is 0 Å². The summed E-state index contributed by atoms with van der Waals surface area (Å²) in [7, 11) is 0. The molecule has 0 radical (unpaired) electrons. The SMILES string of the molecule is Cc1c(NC2CCC(O)CC2)cccc1C(N)=O. The van der Waals surface area contributed by atoms with Gasteiger partial charge in [-0.1, -0.05) is 6.07 Å². The molecule has 0 bridgehead atoms. The van der Waals surface area contributed by atoms with Crippen LogP contribution in [0.15, 0.2) is 18.2 Å². The Morgan fingerprint density at radius 3 is 2.61 bits per heavy atom. The average Bonchev–Trinajstić information content (AvgIpc) is 2.34. The second kappa shape index (κ2) is 5.40. The first-order valence-corrected chi connectivity index (χ1v) is 6.42. The van der Waals surface area contributed by atoms with Crippen molar-refractivity contribution in [3.05, 3.63) is 29.3 Å². The topological polar surface area (TPSA) is 75.3 Å². The van der Waals surface area contributed by atoms with Gasteiger partial charge in [0, 0.05) is 17.3 Å². The van der Waals surface area contributed by atoms with Gasteiger partial charge in [-0.25, -0.2) is 0 Å². The molecule has 0 atom stereocenters. The predicted molar refractivity (Wildman–Crippen MR) is 71.6 cm³/mol. The monoisotopic (exact) mass is 248 g/mol. The van der Waals surface area contributed by atoms with Gasteiger partial charge in [0.15, 0.2) is 0 Å². The van der Waals surface area contributed by atoms with Crippen LogP contribution in [0.5, 0.6) is 0 Å². The Kier molecular flexibility index (Phi) is 3.87. The third-order valence-electron chi connectivity index (χ3n) is 3.66. The molecule has 1 aliphatic carbocycles. The van der Waals surface area contributed by atoms with Gasteiger partial charge in [-0.2, -0.15) is 0 Å². The summed E-state index contributed by atoms with van der Waals surface area (Å²) in [6.45, 7) is 1.90.